The lowest BCUT2D eigenvalue weighted by Gasteiger charge is -2.20. The van der Waals surface area contributed by atoms with Crippen LogP contribution in [0.2, 0.25) is 0 Å². The molecule has 3 nitrogen and oxygen atoms in total. The van der Waals surface area contributed by atoms with Gasteiger partial charge in [0.15, 0.2) is 0 Å². The summed E-state index contributed by atoms with van der Waals surface area (Å²) in [5, 5.41) is 3.56. The third-order valence-corrected chi connectivity index (χ3v) is 3.76. The quantitative estimate of drug-likeness (QED) is 0.830. The Bertz CT molecular complexity index is 406. The van der Waals surface area contributed by atoms with E-state index in [0.717, 1.165) is 26.1 Å². The normalized spacial score (nSPS) is 22.6. The molecule has 2 rings (SSSR count). The van der Waals surface area contributed by atoms with Gasteiger partial charge in [0.05, 0.1) is 12.7 Å². The van der Waals surface area contributed by atoms with Crippen LogP contribution in [-0.4, -0.2) is 26.8 Å². The van der Waals surface area contributed by atoms with Gasteiger partial charge in [0.25, 0.3) is 0 Å². The van der Waals surface area contributed by atoms with Crippen molar-refractivity contribution < 1.29 is 9.47 Å². The zero-order valence-electron chi connectivity index (χ0n) is 12.9. The second-order valence-corrected chi connectivity index (χ2v) is 6.07. The Morgan fingerprint density at radius 3 is 3.00 bits per heavy atom. The van der Waals surface area contributed by atoms with E-state index in [1.807, 2.05) is 0 Å². The van der Waals surface area contributed by atoms with Gasteiger partial charge in [-0.1, -0.05) is 38.1 Å². The third-order valence-electron chi connectivity index (χ3n) is 3.76. The fraction of sp³-hybridized carbons (Fsp3) is 0.647. The molecule has 1 aliphatic heterocycles. The molecule has 112 valence electrons. The first-order chi connectivity index (χ1) is 9.70. The number of rotatable bonds is 7. The summed E-state index contributed by atoms with van der Waals surface area (Å²) >= 11 is 0. The lowest BCUT2D eigenvalue weighted by molar-refractivity contribution is 0.0901. The molecule has 0 radical (unpaired) electrons. The van der Waals surface area contributed by atoms with Crippen LogP contribution in [0.1, 0.15) is 37.5 Å². The highest BCUT2D eigenvalue weighted by Crippen LogP contribution is 2.34. The van der Waals surface area contributed by atoms with Gasteiger partial charge in [-0.3, -0.25) is 0 Å². The number of nitrogens with one attached hydrogen (secondary N) is 1. The summed E-state index contributed by atoms with van der Waals surface area (Å²) < 4.78 is 11.2. The van der Waals surface area contributed by atoms with Gasteiger partial charge in [0, 0.05) is 26.2 Å². The minimum Gasteiger partial charge on any atom is -0.380 e. The molecule has 1 aliphatic rings. The Hall–Kier alpha value is -0.900. The molecule has 1 aromatic rings. The van der Waals surface area contributed by atoms with Crippen LogP contribution in [0.4, 0.5) is 0 Å². The van der Waals surface area contributed by atoms with Crippen molar-refractivity contribution in [2.45, 2.75) is 33.0 Å². The van der Waals surface area contributed by atoms with Gasteiger partial charge in [0.1, 0.15) is 0 Å². The van der Waals surface area contributed by atoms with Gasteiger partial charge in [-0.2, -0.15) is 0 Å². The molecule has 2 atom stereocenters. The topological polar surface area (TPSA) is 30.5 Å². The minimum atomic E-state index is 0.228. The van der Waals surface area contributed by atoms with E-state index >= 15 is 0 Å². The molecule has 3 heteroatoms. The zero-order valence-corrected chi connectivity index (χ0v) is 12.9. The van der Waals surface area contributed by atoms with Crippen LogP contribution in [0, 0.1) is 11.8 Å². The van der Waals surface area contributed by atoms with Crippen molar-refractivity contribution >= 4 is 0 Å². The summed E-state index contributed by atoms with van der Waals surface area (Å²) in [4.78, 5) is 0. The molecular weight excluding hydrogens is 250 g/mol. The Morgan fingerprint density at radius 2 is 2.25 bits per heavy atom. The van der Waals surface area contributed by atoms with Crippen LogP contribution in [0.3, 0.4) is 0 Å². The summed E-state index contributed by atoms with van der Waals surface area (Å²) in [7, 11) is 1.73. The molecule has 0 spiro atoms. The molecule has 0 bridgehead atoms. The fourth-order valence-electron chi connectivity index (χ4n) is 2.80. The maximum atomic E-state index is 5.96. The Kier molecular flexibility index (Phi) is 6.02. The summed E-state index contributed by atoms with van der Waals surface area (Å²) in [6.07, 6.45) is 1.37. The average Bonchev–Trinajstić information content (AvgIpc) is 2.87. The maximum absolute atomic E-state index is 5.96. The van der Waals surface area contributed by atoms with Crippen LogP contribution < -0.4 is 5.32 Å². The molecule has 20 heavy (non-hydrogen) atoms. The number of methoxy groups -OCH3 is 1. The van der Waals surface area contributed by atoms with Crippen LogP contribution >= 0.6 is 0 Å². The maximum Gasteiger partial charge on any atom is 0.0866 e. The van der Waals surface area contributed by atoms with Gasteiger partial charge >= 0.3 is 0 Å². The van der Waals surface area contributed by atoms with Crippen LogP contribution in [0.15, 0.2) is 24.3 Å². The van der Waals surface area contributed by atoms with E-state index in [4.69, 9.17) is 9.47 Å². The molecule has 1 fully saturated rings. The van der Waals surface area contributed by atoms with E-state index in [1.54, 1.807) is 7.11 Å². The molecule has 0 aliphatic carbocycles. The molecule has 1 saturated heterocycles. The van der Waals surface area contributed by atoms with Gasteiger partial charge in [-0.15, -0.1) is 0 Å². The average molecular weight is 277 g/mol. The highest BCUT2D eigenvalue weighted by Gasteiger charge is 2.29. The molecule has 2 unspecified atom stereocenters. The SMILES string of the molecule is COCc1cccc(C2OCCC2CNCC(C)C)c1. The predicted molar refractivity (Wildman–Crippen MR) is 81.7 cm³/mol. The Labute approximate surface area is 122 Å². The second kappa shape index (κ2) is 7.77. The Balaban J connectivity index is 1.97. The number of hydrogen-bond donors (Lipinski definition) is 1. The van der Waals surface area contributed by atoms with E-state index < -0.39 is 0 Å². The van der Waals surface area contributed by atoms with Crippen molar-refractivity contribution in [3.63, 3.8) is 0 Å². The number of benzene rings is 1. The number of hydrogen-bond acceptors (Lipinski definition) is 3. The van der Waals surface area contributed by atoms with Crippen molar-refractivity contribution in [1.29, 1.82) is 0 Å². The largest absolute Gasteiger partial charge is 0.380 e. The van der Waals surface area contributed by atoms with Gasteiger partial charge in [0.2, 0.25) is 0 Å². The van der Waals surface area contributed by atoms with E-state index in [2.05, 4.69) is 43.4 Å². The van der Waals surface area contributed by atoms with E-state index in [0.29, 0.717) is 18.4 Å². The van der Waals surface area contributed by atoms with Gasteiger partial charge < -0.3 is 14.8 Å². The first-order valence-corrected chi connectivity index (χ1v) is 7.60. The van der Waals surface area contributed by atoms with Crippen LogP contribution in [0.5, 0.6) is 0 Å². The Morgan fingerprint density at radius 1 is 1.40 bits per heavy atom. The highest BCUT2D eigenvalue weighted by atomic mass is 16.5. The molecule has 0 aromatic heterocycles. The highest BCUT2D eigenvalue weighted by molar-refractivity contribution is 5.26. The van der Waals surface area contributed by atoms with Crippen molar-refractivity contribution in [2.24, 2.45) is 11.8 Å². The summed E-state index contributed by atoms with van der Waals surface area (Å²) in [5.41, 5.74) is 2.50. The van der Waals surface area contributed by atoms with Crippen molar-refractivity contribution in [3.8, 4) is 0 Å². The second-order valence-electron chi connectivity index (χ2n) is 6.07. The fourth-order valence-corrected chi connectivity index (χ4v) is 2.80. The van der Waals surface area contributed by atoms with Crippen LogP contribution in [0.25, 0.3) is 0 Å². The van der Waals surface area contributed by atoms with Gasteiger partial charge in [-0.05, 0) is 30.0 Å². The molecule has 0 amide bonds. The standard InChI is InChI=1S/C17H27NO2/c1-13(2)10-18-11-16-7-8-20-17(16)15-6-4-5-14(9-15)12-19-3/h4-6,9,13,16-18H,7-8,10-12H2,1-3H3. The molecular formula is C17H27NO2. The predicted octanol–water partition coefficient (Wildman–Crippen LogP) is 3.16. The van der Waals surface area contributed by atoms with Crippen LogP contribution in [-0.2, 0) is 16.1 Å². The first kappa shape index (κ1) is 15.5. The van der Waals surface area contributed by atoms with Gasteiger partial charge in [-0.25, -0.2) is 0 Å². The lowest BCUT2D eigenvalue weighted by atomic mass is 9.94. The van der Waals surface area contributed by atoms with Crippen molar-refractivity contribution in [1.82, 2.24) is 5.32 Å². The van der Waals surface area contributed by atoms with E-state index in [-0.39, 0.29) is 6.10 Å². The smallest absolute Gasteiger partial charge is 0.0866 e. The molecule has 1 aromatic carbocycles. The van der Waals surface area contributed by atoms with Crippen molar-refractivity contribution in [2.75, 3.05) is 26.8 Å². The summed E-state index contributed by atoms with van der Waals surface area (Å²) in [6, 6.07) is 8.59. The minimum absolute atomic E-state index is 0.228. The summed E-state index contributed by atoms with van der Waals surface area (Å²) in [5.74, 6) is 1.27. The zero-order chi connectivity index (χ0) is 14.4. The number of ether oxygens (including phenoxy) is 2. The lowest BCUT2D eigenvalue weighted by Crippen LogP contribution is -2.28. The van der Waals surface area contributed by atoms with E-state index in [1.165, 1.54) is 11.1 Å². The molecule has 0 saturated carbocycles. The molecule has 1 N–H and O–H groups in total. The summed E-state index contributed by atoms with van der Waals surface area (Å²) in [6.45, 7) is 8.13. The van der Waals surface area contributed by atoms with Crippen molar-refractivity contribution in [3.05, 3.63) is 35.4 Å². The molecule has 1 heterocycles. The third kappa shape index (κ3) is 4.30. The van der Waals surface area contributed by atoms with E-state index in [9.17, 15) is 0 Å². The monoisotopic (exact) mass is 277 g/mol. The first-order valence-electron chi connectivity index (χ1n) is 7.60.